The molecular formula is C15H17BrN4O. The maximum atomic E-state index is 12.5. The molecule has 0 spiro atoms. The molecule has 0 unspecified atom stereocenters. The molecule has 5 nitrogen and oxygen atoms in total. The predicted octanol–water partition coefficient (Wildman–Crippen LogP) is 2.15. The van der Waals surface area contributed by atoms with Crippen molar-refractivity contribution >= 4 is 32.7 Å². The Hall–Kier alpha value is -1.40. The Morgan fingerprint density at radius 1 is 1.38 bits per heavy atom. The highest BCUT2D eigenvalue weighted by Crippen LogP contribution is 2.28. The second-order valence-corrected chi connectivity index (χ2v) is 6.90. The second kappa shape index (κ2) is 5.10. The van der Waals surface area contributed by atoms with Crippen molar-refractivity contribution < 1.29 is 4.79 Å². The molecule has 1 amide bonds. The van der Waals surface area contributed by atoms with Crippen LogP contribution < -0.4 is 5.32 Å². The number of carbonyl (C=O) groups is 1. The Morgan fingerprint density at radius 2 is 2.19 bits per heavy atom. The van der Waals surface area contributed by atoms with Crippen LogP contribution in [0.4, 0.5) is 0 Å². The Morgan fingerprint density at radius 3 is 2.90 bits per heavy atom. The van der Waals surface area contributed by atoms with Crippen molar-refractivity contribution in [2.24, 2.45) is 5.92 Å². The third-order valence-corrected chi connectivity index (χ3v) is 5.21. The molecule has 1 aromatic carbocycles. The predicted molar refractivity (Wildman–Crippen MR) is 84.2 cm³/mol. The molecule has 2 N–H and O–H groups in total. The lowest BCUT2D eigenvalue weighted by Gasteiger charge is -2.44. The lowest BCUT2D eigenvalue weighted by molar-refractivity contribution is 0.0618. The number of halogens is 1. The van der Waals surface area contributed by atoms with Crippen LogP contribution in [0.25, 0.3) is 10.9 Å². The van der Waals surface area contributed by atoms with Gasteiger partial charge in [-0.1, -0.05) is 15.9 Å². The van der Waals surface area contributed by atoms with Crippen LogP contribution in [0.5, 0.6) is 0 Å². The topological polar surface area (TPSA) is 61.0 Å². The highest BCUT2D eigenvalue weighted by molar-refractivity contribution is 9.10. The maximum absolute atomic E-state index is 12.5. The number of hydrogen-bond acceptors (Lipinski definition) is 3. The molecule has 0 aliphatic carbocycles. The Kier molecular flexibility index (Phi) is 3.23. The number of aromatic nitrogens is 2. The van der Waals surface area contributed by atoms with Gasteiger partial charge in [0.2, 0.25) is 0 Å². The standard InChI is InChI=1S/C15H17BrN4O/c16-10-1-2-11-12(7-10)18-19-14(11)15(21)17-13-8-20-5-3-9(13)4-6-20/h1-2,7,9,13H,3-6,8H2,(H,17,21)(H,18,19)/t13-/m1/s1. The van der Waals surface area contributed by atoms with Gasteiger partial charge in [-0.25, -0.2) is 0 Å². The highest BCUT2D eigenvalue weighted by Gasteiger charge is 2.35. The molecule has 6 heteroatoms. The summed E-state index contributed by atoms with van der Waals surface area (Å²) >= 11 is 3.43. The number of fused-ring (bicyclic) bond motifs is 4. The SMILES string of the molecule is O=C(N[C@@H]1CN2CCC1CC2)c1n[nH]c2cc(Br)ccc12. The molecule has 5 rings (SSSR count). The van der Waals surface area contributed by atoms with Crippen molar-refractivity contribution in [3.63, 3.8) is 0 Å². The first-order chi connectivity index (χ1) is 10.2. The summed E-state index contributed by atoms with van der Waals surface area (Å²) in [6.45, 7) is 3.33. The Balaban J connectivity index is 1.56. The van der Waals surface area contributed by atoms with Gasteiger partial charge in [0.05, 0.1) is 5.52 Å². The number of rotatable bonds is 2. The van der Waals surface area contributed by atoms with Crippen molar-refractivity contribution in [3.8, 4) is 0 Å². The van der Waals surface area contributed by atoms with Crippen molar-refractivity contribution in [3.05, 3.63) is 28.4 Å². The van der Waals surface area contributed by atoms with Gasteiger partial charge < -0.3 is 10.2 Å². The van der Waals surface area contributed by atoms with Crippen molar-refractivity contribution in [1.82, 2.24) is 20.4 Å². The second-order valence-electron chi connectivity index (χ2n) is 5.98. The van der Waals surface area contributed by atoms with E-state index < -0.39 is 0 Å². The summed E-state index contributed by atoms with van der Waals surface area (Å²) in [6, 6.07) is 6.06. The van der Waals surface area contributed by atoms with Crippen LogP contribution in [0, 0.1) is 5.92 Å². The Bertz CT molecular complexity index is 690. The van der Waals surface area contributed by atoms with E-state index >= 15 is 0 Å². The van der Waals surface area contributed by atoms with Gasteiger partial charge in [0.25, 0.3) is 5.91 Å². The monoisotopic (exact) mass is 348 g/mol. The van der Waals surface area contributed by atoms with E-state index in [-0.39, 0.29) is 11.9 Å². The fraction of sp³-hybridized carbons (Fsp3) is 0.467. The van der Waals surface area contributed by atoms with E-state index in [0.717, 1.165) is 21.9 Å². The van der Waals surface area contributed by atoms with Crippen LogP contribution in [-0.4, -0.2) is 46.7 Å². The van der Waals surface area contributed by atoms with Crippen LogP contribution in [0.2, 0.25) is 0 Å². The molecule has 3 aliphatic heterocycles. The molecule has 1 atom stereocenters. The zero-order valence-electron chi connectivity index (χ0n) is 11.6. The van der Waals surface area contributed by atoms with Crippen molar-refractivity contribution in [2.75, 3.05) is 19.6 Å². The van der Waals surface area contributed by atoms with Gasteiger partial charge in [-0.05, 0) is 50.0 Å². The fourth-order valence-corrected chi connectivity index (χ4v) is 3.89. The normalized spacial score (nSPS) is 28.0. The van der Waals surface area contributed by atoms with E-state index in [2.05, 4.69) is 36.3 Å². The van der Waals surface area contributed by atoms with Crippen LogP contribution in [0.1, 0.15) is 23.3 Å². The minimum absolute atomic E-state index is 0.0673. The summed E-state index contributed by atoms with van der Waals surface area (Å²) in [5.74, 6) is 0.556. The van der Waals surface area contributed by atoms with Gasteiger partial charge in [-0.3, -0.25) is 9.89 Å². The molecule has 3 fully saturated rings. The molecule has 4 heterocycles. The quantitative estimate of drug-likeness (QED) is 0.874. The highest BCUT2D eigenvalue weighted by atomic mass is 79.9. The minimum atomic E-state index is -0.0673. The summed E-state index contributed by atoms with van der Waals surface area (Å²) in [5, 5.41) is 11.2. The molecule has 0 radical (unpaired) electrons. The minimum Gasteiger partial charge on any atom is -0.346 e. The van der Waals surface area contributed by atoms with E-state index in [0.29, 0.717) is 11.6 Å². The van der Waals surface area contributed by atoms with Crippen LogP contribution in [-0.2, 0) is 0 Å². The number of H-pyrrole nitrogens is 1. The number of amides is 1. The molecule has 110 valence electrons. The van der Waals surface area contributed by atoms with Crippen LogP contribution in [0.15, 0.2) is 22.7 Å². The van der Waals surface area contributed by atoms with Gasteiger partial charge in [0, 0.05) is 22.4 Å². The summed E-state index contributed by atoms with van der Waals surface area (Å²) in [4.78, 5) is 15.0. The first-order valence-electron chi connectivity index (χ1n) is 7.37. The molecule has 2 bridgehead atoms. The summed E-state index contributed by atoms with van der Waals surface area (Å²) in [6.07, 6.45) is 2.39. The van der Waals surface area contributed by atoms with E-state index in [1.165, 1.54) is 25.9 Å². The fourth-order valence-electron chi connectivity index (χ4n) is 3.53. The van der Waals surface area contributed by atoms with E-state index in [4.69, 9.17) is 0 Å². The number of benzene rings is 1. The molecule has 3 saturated heterocycles. The number of aromatic amines is 1. The first-order valence-corrected chi connectivity index (χ1v) is 8.17. The van der Waals surface area contributed by atoms with Gasteiger partial charge in [0.15, 0.2) is 5.69 Å². The number of piperidine rings is 3. The third kappa shape index (κ3) is 2.36. The van der Waals surface area contributed by atoms with Gasteiger partial charge in [-0.15, -0.1) is 0 Å². The smallest absolute Gasteiger partial charge is 0.272 e. The van der Waals surface area contributed by atoms with Crippen molar-refractivity contribution in [1.29, 1.82) is 0 Å². The van der Waals surface area contributed by atoms with Gasteiger partial charge in [0.1, 0.15) is 0 Å². The van der Waals surface area contributed by atoms with Gasteiger partial charge in [-0.2, -0.15) is 5.10 Å². The zero-order valence-corrected chi connectivity index (χ0v) is 13.2. The number of hydrogen-bond donors (Lipinski definition) is 2. The number of nitrogens with one attached hydrogen (secondary N) is 2. The number of carbonyl (C=O) groups excluding carboxylic acids is 1. The maximum Gasteiger partial charge on any atom is 0.272 e. The molecule has 2 aromatic rings. The lowest BCUT2D eigenvalue weighted by Crippen LogP contribution is -2.57. The van der Waals surface area contributed by atoms with Crippen LogP contribution >= 0.6 is 15.9 Å². The first kappa shape index (κ1) is 13.3. The number of nitrogens with zero attached hydrogens (tertiary/aromatic N) is 2. The van der Waals surface area contributed by atoms with Gasteiger partial charge >= 0.3 is 0 Å². The lowest BCUT2D eigenvalue weighted by atomic mass is 9.84. The zero-order chi connectivity index (χ0) is 14.4. The summed E-state index contributed by atoms with van der Waals surface area (Å²) < 4.78 is 0.975. The Labute approximate surface area is 131 Å². The molecule has 3 aliphatic rings. The summed E-state index contributed by atoms with van der Waals surface area (Å²) in [5.41, 5.74) is 1.37. The molecule has 0 saturated carbocycles. The largest absolute Gasteiger partial charge is 0.346 e. The van der Waals surface area contributed by atoms with E-state index in [9.17, 15) is 4.79 Å². The van der Waals surface area contributed by atoms with E-state index in [1.807, 2.05) is 18.2 Å². The molecular weight excluding hydrogens is 332 g/mol. The summed E-state index contributed by atoms with van der Waals surface area (Å²) in [7, 11) is 0. The third-order valence-electron chi connectivity index (χ3n) is 4.71. The molecule has 21 heavy (non-hydrogen) atoms. The average molecular weight is 349 g/mol. The van der Waals surface area contributed by atoms with E-state index in [1.54, 1.807) is 0 Å². The average Bonchev–Trinajstić information content (AvgIpc) is 2.91. The molecule has 1 aromatic heterocycles. The van der Waals surface area contributed by atoms with Crippen LogP contribution in [0.3, 0.4) is 0 Å². The van der Waals surface area contributed by atoms with Crippen molar-refractivity contribution in [2.45, 2.75) is 18.9 Å².